The SMILES string of the molecule is CC(O)(CC=O)C1CC1c1ccccc1. The van der Waals surface area contributed by atoms with Crippen LogP contribution < -0.4 is 0 Å². The second-order valence-corrected chi connectivity index (χ2v) is 4.59. The first-order valence-corrected chi connectivity index (χ1v) is 5.36. The molecule has 0 radical (unpaired) electrons. The Balaban J connectivity index is 2.05. The van der Waals surface area contributed by atoms with Gasteiger partial charge in [-0.05, 0) is 30.7 Å². The van der Waals surface area contributed by atoms with Crippen LogP contribution in [0, 0.1) is 5.92 Å². The fourth-order valence-corrected chi connectivity index (χ4v) is 2.27. The van der Waals surface area contributed by atoms with Crippen molar-refractivity contribution in [2.75, 3.05) is 0 Å². The van der Waals surface area contributed by atoms with Crippen LogP contribution in [0.1, 0.15) is 31.2 Å². The molecule has 0 aromatic heterocycles. The van der Waals surface area contributed by atoms with Crippen LogP contribution in [-0.4, -0.2) is 17.0 Å². The highest BCUT2D eigenvalue weighted by atomic mass is 16.3. The third kappa shape index (κ3) is 2.10. The molecule has 1 fully saturated rings. The fourth-order valence-electron chi connectivity index (χ4n) is 2.27. The van der Waals surface area contributed by atoms with Gasteiger partial charge in [-0.1, -0.05) is 30.3 Å². The van der Waals surface area contributed by atoms with Crippen LogP contribution in [0.25, 0.3) is 0 Å². The Morgan fingerprint density at radius 1 is 1.47 bits per heavy atom. The molecule has 2 rings (SSSR count). The monoisotopic (exact) mass is 204 g/mol. The number of hydrogen-bond acceptors (Lipinski definition) is 2. The number of carbonyl (C=O) groups is 1. The van der Waals surface area contributed by atoms with Crippen molar-refractivity contribution in [3.8, 4) is 0 Å². The second kappa shape index (κ2) is 3.78. The molecule has 15 heavy (non-hydrogen) atoms. The van der Waals surface area contributed by atoms with Crippen molar-refractivity contribution in [3.63, 3.8) is 0 Å². The van der Waals surface area contributed by atoms with Crippen molar-refractivity contribution < 1.29 is 9.90 Å². The predicted molar refractivity (Wildman–Crippen MR) is 58.6 cm³/mol. The van der Waals surface area contributed by atoms with Crippen LogP contribution in [0.5, 0.6) is 0 Å². The molecule has 2 nitrogen and oxygen atoms in total. The molecule has 0 bridgehead atoms. The van der Waals surface area contributed by atoms with E-state index in [1.165, 1.54) is 5.56 Å². The first-order chi connectivity index (χ1) is 7.15. The lowest BCUT2D eigenvalue weighted by molar-refractivity contribution is -0.112. The van der Waals surface area contributed by atoms with Gasteiger partial charge in [0.15, 0.2) is 0 Å². The van der Waals surface area contributed by atoms with Crippen molar-refractivity contribution in [1.29, 1.82) is 0 Å². The van der Waals surface area contributed by atoms with Crippen LogP contribution in [0.4, 0.5) is 0 Å². The van der Waals surface area contributed by atoms with Crippen LogP contribution in [0.15, 0.2) is 30.3 Å². The van der Waals surface area contributed by atoms with Gasteiger partial charge in [-0.3, -0.25) is 0 Å². The van der Waals surface area contributed by atoms with E-state index >= 15 is 0 Å². The minimum Gasteiger partial charge on any atom is -0.389 e. The van der Waals surface area contributed by atoms with Crippen molar-refractivity contribution in [2.45, 2.75) is 31.3 Å². The van der Waals surface area contributed by atoms with E-state index < -0.39 is 5.60 Å². The zero-order valence-electron chi connectivity index (χ0n) is 8.89. The molecular formula is C13H16O2. The van der Waals surface area contributed by atoms with E-state index in [1.54, 1.807) is 6.92 Å². The summed E-state index contributed by atoms with van der Waals surface area (Å²) in [5, 5.41) is 10.1. The summed E-state index contributed by atoms with van der Waals surface area (Å²) in [5.41, 5.74) is 0.441. The van der Waals surface area contributed by atoms with Gasteiger partial charge in [-0.2, -0.15) is 0 Å². The highest BCUT2D eigenvalue weighted by Gasteiger charge is 2.49. The van der Waals surface area contributed by atoms with Crippen molar-refractivity contribution in [3.05, 3.63) is 35.9 Å². The molecule has 1 saturated carbocycles. The lowest BCUT2D eigenvalue weighted by atomic mass is 9.94. The van der Waals surface area contributed by atoms with E-state index in [0.717, 1.165) is 12.7 Å². The van der Waals surface area contributed by atoms with Gasteiger partial charge in [0.05, 0.1) is 5.60 Å². The minimum absolute atomic E-state index is 0.237. The fraction of sp³-hybridized carbons (Fsp3) is 0.462. The maximum Gasteiger partial charge on any atom is 0.122 e. The Bertz CT molecular complexity index is 343. The van der Waals surface area contributed by atoms with Crippen molar-refractivity contribution in [1.82, 2.24) is 0 Å². The Morgan fingerprint density at radius 3 is 2.73 bits per heavy atom. The van der Waals surface area contributed by atoms with Gasteiger partial charge in [0.25, 0.3) is 0 Å². The highest BCUT2D eigenvalue weighted by Crippen LogP contribution is 2.53. The molecule has 0 saturated heterocycles. The summed E-state index contributed by atoms with van der Waals surface area (Å²) in [6.07, 6.45) is 2.03. The van der Waals surface area contributed by atoms with Crippen LogP contribution in [-0.2, 0) is 4.79 Å². The molecular weight excluding hydrogens is 188 g/mol. The molecule has 0 heterocycles. The number of rotatable bonds is 4. The Morgan fingerprint density at radius 2 is 2.13 bits per heavy atom. The molecule has 3 atom stereocenters. The standard InChI is InChI=1S/C13H16O2/c1-13(15,7-8-14)12-9-11(12)10-5-3-2-4-6-10/h2-6,8,11-12,15H,7,9H2,1H3. The van der Waals surface area contributed by atoms with Crippen LogP contribution in [0.3, 0.4) is 0 Å². The maximum absolute atomic E-state index is 10.4. The molecule has 1 aromatic carbocycles. The maximum atomic E-state index is 10.4. The first kappa shape index (κ1) is 10.4. The summed E-state index contributed by atoms with van der Waals surface area (Å²) in [6, 6.07) is 10.2. The van der Waals surface area contributed by atoms with Gasteiger partial charge >= 0.3 is 0 Å². The van der Waals surface area contributed by atoms with Gasteiger partial charge in [0.1, 0.15) is 6.29 Å². The Labute approximate surface area is 89.9 Å². The molecule has 1 aliphatic carbocycles. The summed E-state index contributed by atoms with van der Waals surface area (Å²) >= 11 is 0. The quantitative estimate of drug-likeness (QED) is 0.763. The minimum atomic E-state index is -0.831. The lowest BCUT2D eigenvalue weighted by Crippen LogP contribution is -2.28. The van der Waals surface area contributed by atoms with Gasteiger partial charge in [0, 0.05) is 6.42 Å². The zero-order valence-corrected chi connectivity index (χ0v) is 8.89. The van der Waals surface area contributed by atoms with E-state index in [9.17, 15) is 9.90 Å². The summed E-state index contributed by atoms with van der Waals surface area (Å²) in [6.45, 7) is 1.76. The number of benzene rings is 1. The van der Waals surface area contributed by atoms with E-state index in [-0.39, 0.29) is 12.3 Å². The largest absolute Gasteiger partial charge is 0.389 e. The Kier molecular flexibility index (Phi) is 2.61. The lowest BCUT2D eigenvalue weighted by Gasteiger charge is -2.20. The second-order valence-electron chi connectivity index (χ2n) is 4.59. The average molecular weight is 204 g/mol. The molecule has 0 amide bonds. The van der Waals surface area contributed by atoms with Gasteiger partial charge in [-0.15, -0.1) is 0 Å². The number of aliphatic hydroxyl groups is 1. The van der Waals surface area contributed by atoms with Gasteiger partial charge < -0.3 is 9.90 Å². The molecule has 3 unspecified atom stereocenters. The number of aldehydes is 1. The third-order valence-electron chi connectivity index (χ3n) is 3.31. The van der Waals surface area contributed by atoms with E-state index in [1.807, 2.05) is 18.2 Å². The van der Waals surface area contributed by atoms with Crippen molar-refractivity contribution >= 4 is 6.29 Å². The topological polar surface area (TPSA) is 37.3 Å². The van der Waals surface area contributed by atoms with Gasteiger partial charge in [-0.25, -0.2) is 0 Å². The molecule has 1 aromatic rings. The summed E-state index contributed by atoms with van der Waals surface area (Å²) in [7, 11) is 0. The number of hydrogen-bond donors (Lipinski definition) is 1. The third-order valence-corrected chi connectivity index (χ3v) is 3.31. The van der Waals surface area contributed by atoms with Gasteiger partial charge in [0.2, 0.25) is 0 Å². The predicted octanol–water partition coefficient (Wildman–Crippen LogP) is 2.13. The van der Waals surface area contributed by atoms with E-state index in [4.69, 9.17) is 0 Å². The Hall–Kier alpha value is -1.15. The van der Waals surface area contributed by atoms with Crippen LogP contribution in [0.2, 0.25) is 0 Å². The highest BCUT2D eigenvalue weighted by molar-refractivity contribution is 5.52. The van der Waals surface area contributed by atoms with Crippen LogP contribution >= 0.6 is 0 Å². The summed E-state index contributed by atoms with van der Waals surface area (Å²) in [5.74, 6) is 0.672. The molecule has 2 heteroatoms. The summed E-state index contributed by atoms with van der Waals surface area (Å²) in [4.78, 5) is 10.4. The zero-order chi connectivity index (χ0) is 10.9. The average Bonchev–Trinajstić information content (AvgIpc) is 2.99. The molecule has 1 N–H and O–H groups in total. The first-order valence-electron chi connectivity index (χ1n) is 5.36. The normalized spacial score (nSPS) is 28.1. The van der Waals surface area contributed by atoms with E-state index in [2.05, 4.69) is 12.1 Å². The molecule has 0 spiro atoms. The smallest absolute Gasteiger partial charge is 0.122 e. The summed E-state index contributed by atoms with van der Waals surface area (Å²) < 4.78 is 0. The number of carbonyl (C=O) groups excluding carboxylic acids is 1. The molecule has 1 aliphatic rings. The van der Waals surface area contributed by atoms with Crippen molar-refractivity contribution in [2.24, 2.45) is 5.92 Å². The van der Waals surface area contributed by atoms with E-state index in [0.29, 0.717) is 5.92 Å². The molecule has 80 valence electrons. The molecule has 0 aliphatic heterocycles.